The third-order valence-corrected chi connectivity index (χ3v) is 12.7. The minimum absolute atomic E-state index is 0.634. The molecule has 5 heteroatoms. The largest absolute Gasteiger partial charge is 0.309 e. The summed E-state index contributed by atoms with van der Waals surface area (Å²) >= 11 is 0. The van der Waals surface area contributed by atoms with Crippen LogP contribution in [-0.2, 0) is 0 Å². The summed E-state index contributed by atoms with van der Waals surface area (Å²) in [7, 11) is 0. The van der Waals surface area contributed by atoms with Crippen LogP contribution in [0.25, 0.3) is 122 Å². The molecule has 0 aliphatic carbocycles. The van der Waals surface area contributed by atoms with Gasteiger partial charge >= 0.3 is 0 Å². The van der Waals surface area contributed by atoms with Crippen molar-refractivity contribution in [1.82, 2.24) is 24.1 Å². The Bertz CT molecular complexity index is 3930. The second-order valence-electron chi connectivity index (χ2n) is 16.4. The van der Waals surface area contributed by atoms with Crippen molar-refractivity contribution >= 4 is 65.2 Å². The fourth-order valence-corrected chi connectivity index (χ4v) is 9.75. The standard InChI is InChI=1S/C59H37N5/c1-4-15-38(16-5-1)39-27-29-42(30-28-39)58-60-57(41-18-6-2-7-19-41)61-59(62-58)50-25-14-20-43-35-45(32-34-46(43)50)63-53-26-13-12-24-48(53)51-36-52-49-33-31-40-17-10-11-23-47(40)56(49)64(55(52)37-54(51)63)44-21-8-3-9-22-44/h1-37H. The molecular formula is C59H37N5. The fraction of sp³-hybridized carbons (Fsp3) is 0. The quantitative estimate of drug-likeness (QED) is 0.168. The maximum atomic E-state index is 5.18. The van der Waals surface area contributed by atoms with Crippen LogP contribution >= 0.6 is 0 Å². The summed E-state index contributed by atoms with van der Waals surface area (Å²) < 4.78 is 4.88. The van der Waals surface area contributed by atoms with E-state index in [0.29, 0.717) is 17.5 Å². The van der Waals surface area contributed by atoms with Crippen molar-refractivity contribution in [3.63, 3.8) is 0 Å². The Hall–Kier alpha value is -8.67. The molecule has 3 heterocycles. The number of nitrogens with zero attached hydrogens (tertiary/aromatic N) is 5. The molecule has 0 aliphatic rings. The van der Waals surface area contributed by atoms with Crippen molar-refractivity contribution in [2.75, 3.05) is 0 Å². The summed E-state index contributed by atoms with van der Waals surface area (Å²) in [4.78, 5) is 15.3. The van der Waals surface area contributed by atoms with Crippen molar-refractivity contribution in [3.8, 4) is 56.7 Å². The number of rotatable bonds is 6. The van der Waals surface area contributed by atoms with E-state index in [2.05, 4.69) is 209 Å². The number of hydrogen-bond acceptors (Lipinski definition) is 3. The van der Waals surface area contributed by atoms with Gasteiger partial charge in [0.25, 0.3) is 0 Å². The zero-order valence-corrected chi connectivity index (χ0v) is 34.6. The first-order chi connectivity index (χ1) is 31.7. The minimum Gasteiger partial charge on any atom is -0.309 e. The molecule has 0 N–H and O–H groups in total. The molecule has 64 heavy (non-hydrogen) atoms. The Kier molecular flexibility index (Phi) is 8.15. The molecular weight excluding hydrogens is 779 g/mol. The van der Waals surface area contributed by atoms with Crippen LogP contribution in [0.2, 0.25) is 0 Å². The molecule has 0 saturated heterocycles. The molecule has 0 amide bonds. The third-order valence-electron chi connectivity index (χ3n) is 12.7. The first-order valence-corrected chi connectivity index (χ1v) is 21.7. The van der Waals surface area contributed by atoms with E-state index >= 15 is 0 Å². The first kappa shape index (κ1) is 36.0. The second-order valence-corrected chi connectivity index (χ2v) is 16.4. The number of hydrogen-bond donors (Lipinski definition) is 0. The van der Waals surface area contributed by atoms with Crippen LogP contribution < -0.4 is 0 Å². The maximum absolute atomic E-state index is 5.18. The van der Waals surface area contributed by atoms with Gasteiger partial charge in [-0.3, -0.25) is 0 Å². The molecule has 0 radical (unpaired) electrons. The van der Waals surface area contributed by atoms with Gasteiger partial charge in [0.15, 0.2) is 17.5 Å². The molecule has 13 aromatic rings. The predicted octanol–water partition coefficient (Wildman–Crippen LogP) is 15.0. The van der Waals surface area contributed by atoms with Gasteiger partial charge in [0, 0.05) is 55.0 Å². The average molecular weight is 816 g/mol. The molecule has 0 bridgehead atoms. The lowest BCUT2D eigenvalue weighted by molar-refractivity contribution is 1.08. The van der Waals surface area contributed by atoms with E-state index in [9.17, 15) is 0 Å². The van der Waals surface area contributed by atoms with Crippen molar-refractivity contribution in [1.29, 1.82) is 0 Å². The summed E-state index contributed by atoms with van der Waals surface area (Å²) in [5.74, 6) is 1.91. The molecule has 0 unspecified atom stereocenters. The monoisotopic (exact) mass is 815 g/mol. The molecule has 0 saturated carbocycles. The van der Waals surface area contributed by atoms with Crippen LogP contribution in [0.15, 0.2) is 224 Å². The summed E-state index contributed by atoms with van der Waals surface area (Å²) in [5.41, 5.74) is 12.1. The van der Waals surface area contributed by atoms with Crippen molar-refractivity contribution < 1.29 is 0 Å². The van der Waals surface area contributed by atoms with Gasteiger partial charge in [-0.05, 0) is 69.8 Å². The van der Waals surface area contributed by atoms with Gasteiger partial charge in [-0.2, -0.15) is 0 Å². The lowest BCUT2D eigenvalue weighted by Gasteiger charge is -2.13. The normalized spacial score (nSPS) is 11.8. The SMILES string of the molecule is c1ccc(-c2ccc(-c3nc(-c4ccccc4)nc(-c4cccc5cc(-n6c7ccccc7c7cc8c9ccc%10ccccc%10c9n(-c9ccccc9)c8cc76)ccc45)n3)cc2)cc1. The number of para-hydroxylation sites is 2. The van der Waals surface area contributed by atoms with Gasteiger partial charge in [0.1, 0.15) is 0 Å². The summed E-state index contributed by atoms with van der Waals surface area (Å²) in [6.45, 7) is 0. The van der Waals surface area contributed by atoms with Crippen LogP contribution in [0.1, 0.15) is 0 Å². The lowest BCUT2D eigenvalue weighted by atomic mass is 10.0. The number of fused-ring (bicyclic) bond motifs is 9. The molecule has 13 rings (SSSR count). The Labute approximate surface area is 368 Å². The van der Waals surface area contributed by atoms with Crippen LogP contribution in [0, 0.1) is 0 Å². The van der Waals surface area contributed by atoms with Crippen LogP contribution in [0.5, 0.6) is 0 Å². The molecule has 0 aliphatic heterocycles. The molecule has 10 aromatic carbocycles. The van der Waals surface area contributed by atoms with E-state index in [1.165, 1.54) is 48.9 Å². The number of aromatic nitrogens is 5. The van der Waals surface area contributed by atoms with E-state index in [1.807, 2.05) is 24.3 Å². The number of benzene rings is 10. The molecule has 0 spiro atoms. The van der Waals surface area contributed by atoms with Crippen LogP contribution in [0.3, 0.4) is 0 Å². The van der Waals surface area contributed by atoms with E-state index in [0.717, 1.165) is 55.4 Å². The molecule has 5 nitrogen and oxygen atoms in total. The highest BCUT2D eigenvalue weighted by Crippen LogP contribution is 2.42. The highest BCUT2D eigenvalue weighted by atomic mass is 15.0. The predicted molar refractivity (Wildman–Crippen MR) is 265 cm³/mol. The first-order valence-electron chi connectivity index (χ1n) is 21.7. The zero-order valence-electron chi connectivity index (χ0n) is 34.6. The van der Waals surface area contributed by atoms with Gasteiger partial charge in [-0.25, -0.2) is 15.0 Å². The Morgan fingerprint density at radius 1 is 0.266 bits per heavy atom. The van der Waals surface area contributed by atoms with E-state index in [4.69, 9.17) is 15.0 Å². The second kappa shape index (κ2) is 14.5. The van der Waals surface area contributed by atoms with Crippen molar-refractivity contribution in [3.05, 3.63) is 224 Å². The summed E-state index contributed by atoms with van der Waals surface area (Å²) in [5, 5.41) is 9.57. The van der Waals surface area contributed by atoms with Gasteiger partial charge in [-0.15, -0.1) is 0 Å². The van der Waals surface area contributed by atoms with E-state index in [1.54, 1.807) is 0 Å². The van der Waals surface area contributed by atoms with Gasteiger partial charge < -0.3 is 9.13 Å². The highest BCUT2D eigenvalue weighted by molar-refractivity contribution is 6.23. The molecule has 0 fully saturated rings. The van der Waals surface area contributed by atoms with Gasteiger partial charge in [0.05, 0.1) is 22.1 Å². The summed E-state index contributed by atoms with van der Waals surface area (Å²) in [6, 6.07) is 79.9. The molecule has 298 valence electrons. The highest BCUT2D eigenvalue weighted by Gasteiger charge is 2.21. The molecule has 0 atom stereocenters. The fourth-order valence-electron chi connectivity index (χ4n) is 9.75. The van der Waals surface area contributed by atoms with E-state index < -0.39 is 0 Å². The van der Waals surface area contributed by atoms with Crippen molar-refractivity contribution in [2.45, 2.75) is 0 Å². The Balaban J connectivity index is 0.997. The Morgan fingerprint density at radius 3 is 1.61 bits per heavy atom. The van der Waals surface area contributed by atoms with E-state index in [-0.39, 0.29) is 0 Å². The maximum Gasteiger partial charge on any atom is 0.164 e. The van der Waals surface area contributed by atoms with Crippen molar-refractivity contribution in [2.24, 2.45) is 0 Å². The van der Waals surface area contributed by atoms with Crippen LogP contribution in [-0.4, -0.2) is 24.1 Å². The minimum atomic E-state index is 0.634. The van der Waals surface area contributed by atoms with Gasteiger partial charge in [-0.1, -0.05) is 182 Å². The van der Waals surface area contributed by atoms with Crippen LogP contribution in [0.4, 0.5) is 0 Å². The lowest BCUT2D eigenvalue weighted by Crippen LogP contribution is -2.01. The molecule has 3 aromatic heterocycles. The average Bonchev–Trinajstić information content (AvgIpc) is 3.88. The summed E-state index contributed by atoms with van der Waals surface area (Å²) in [6.07, 6.45) is 0. The third kappa shape index (κ3) is 5.75. The van der Waals surface area contributed by atoms with Gasteiger partial charge in [0.2, 0.25) is 0 Å². The zero-order chi connectivity index (χ0) is 42.1. The smallest absolute Gasteiger partial charge is 0.164 e. The Morgan fingerprint density at radius 2 is 0.828 bits per heavy atom. The topological polar surface area (TPSA) is 48.5 Å².